The Morgan fingerprint density at radius 1 is 1.24 bits per heavy atom. The monoisotopic (exact) mass is 312 g/mol. The van der Waals surface area contributed by atoms with Crippen molar-refractivity contribution < 1.29 is 4.92 Å². The van der Waals surface area contributed by atoms with Crippen molar-refractivity contribution in [2.45, 2.75) is 0 Å². The van der Waals surface area contributed by atoms with E-state index in [1.54, 1.807) is 0 Å². The topological polar surface area (TPSA) is 56.0 Å². The predicted octanol–water partition coefficient (Wildman–Crippen LogP) is 4.07. The first-order valence-electron chi connectivity index (χ1n) is 4.64. The summed E-state index contributed by atoms with van der Waals surface area (Å²) < 4.78 is 0.928. The van der Waals surface area contributed by atoms with E-state index in [2.05, 4.69) is 20.9 Å². The molecule has 6 heteroatoms. The maximum absolute atomic E-state index is 10.7. The number of hydrogen-bond acceptors (Lipinski definition) is 3. The van der Waals surface area contributed by atoms with Crippen molar-refractivity contribution in [3.63, 3.8) is 0 Å². The summed E-state index contributed by atoms with van der Waals surface area (Å²) in [6, 6.07) is 9.92. The van der Waals surface area contributed by atoms with Gasteiger partial charge in [0.2, 0.25) is 0 Å². The summed E-state index contributed by atoms with van der Waals surface area (Å²) in [6.07, 6.45) is 0. The van der Waals surface area contributed by atoms with E-state index in [1.807, 2.05) is 24.3 Å². The number of rotatable bonds is 2. The summed E-state index contributed by atoms with van der Waals surface area (Å²) in [5.74, 6) is 0. The van der Waals surface area contributed by atoms with Gasteiger partial charge in [-0.1, -0.05) is 39.7 Å². The molecule has 0 amide bonds. The average Bonchev–Trinajstić information content (AvgIpc) is 2.29. The predicted molar refractivity (Wildman–Crippen MR) is 69.0 cm³/mol. The van der Waals surface area contributed by atoms with Crippen molar-refractivity contribution in [2.24, 2.45) is 0 Å². The van der Waals surface area contributed by atoms with Gasteiger partial charge in [-0.05, 0) is 12.1 Å². The second-order valence-electron chi connectivity index (χ2n) is 3.30. The van der Waals surface area contributed by atoms with Crippen LogP contribution in [0, 0.1) is 10.1 Å². The molecule has 0 atom stereocenters. The van der Waals surface area contributed by atoms with Crippen molar-refractivity contribution >= 4 is 33.2 Å². The van der Waals surface area contributed by atoms with Crippen LogP contribution in [0.1, 0.15) is 0 Å². The summed E-state index contributed by atoms with van der Waals surface area (Å²) in [5.41, 5.74) is 1.19. The van der Waals surface area contributed by atoms with Gasteiger partial charge in [0.15, 0.2) is 0 Å². The summed E-state index contributed by atoms with van der Waals surface area (Å²) in [5, 5.41) is 10.8. The van der Waals surface area contributed by atoms with E-state index in [4.69, 9.17) is 11.6 Å². The fourth-order valence-corrected chi connectivity index (χ4v) is 1.82. The van der Waals surface area contributed by atoms with Crippen LogP contribution in [0.25, 0.3) is 11.3 Å². The van der Waals surface area contributed by atoms with Crippen LogP contribution in [-0.4, -0.2) is 9.91 Å². The Hall–Kier alpha value is -1.46. The number of hydrogen-bond donors (Lipinski definition) is 0. The van der Waals surface area contributed by atoms with Crippen LogP contribution in [0.4, 0.5) is 5.69 Å². The van der Waals surface area contributed by atoms with Crippen molar-refractivity contribution in [1.82, 2.24) is 4.98 Å². The summed E-state index contributed by atoms with van der Waals surface area (Å²) >= 11 is 9.07. The molecule has 0 bridgehead atoms. The smallest absolute Gasteiger partial charge is 0.258 e. The molecule has 17 heavy (non-hydrogen) atoms. The van der Waals surface area contributed by atoms with E-state index in [0.717, 1.165) is 10.0 Å². The zero-order chi connectivity index (χ0) is 12.4. The molecule has 0 spiro atoms. The van der Waals surface area contributed by atoms with Gasteiger partial charge in [0.05, 0.1) is 16.7 Å². The molecular formula is C11H6BrClN2O2. The molecule has 1 aromatic carbocycles. The lowest BCUT2D eigenvalue weighted by atomic mass is 10.1. The highest BCUT2D eigenvalue weighted by atomic mass is 79.9. The van der Waals surface area contributed by atoms with Crippen LogP contribution in [-0.2, 0) is 0 Å². The molecule has 0 saturated heterocycles. The third kappa shape index (κ3) is 2.81. The molecule has 1 heterocycles. The van der Waals surface area contributed by atoms with E-state index in [-0.39, 0.29) is 10.8 Å². The van der Waals surface area contributed by atoms with Crippen molar-refractivity contribution in [3.8, 4) is 11.3 Å². The van der Waals surface area contributed by atoms with Gasteiger partial charge in [-0.3, -0.25) is 10.1 Å². The molecular weight excluding hydrogens is 307 g/mol. The molecule has 86 valence electrons. The van der Waals surface area contributed by atoms with Gasteiger partial charge in [-0.2, -0.15) is 0 Å². The molecule has 0 radical (unpaired) electrons. The van der Waals surface area contributed by atoms with Gasteiger partial charge in [0.25, 0.3) is 5.69 Å². The molecule has 0 unspecified atom stereocenters. The van der Waals surface area contributed by atoms with Crippen molar-refractivity contribution in [3.05, 3.63) is 56.1 Å². The van der Waals surface area contributed by atoms with Crippen LogP contribution in [0.15, 0.2) is 40.9 Å². The van der Waals surface area contributed by atoms with Gasteiger partial charge in [0, 0.05) is 16.1 Å². The Kier molecular flexibility index (Phi) is 3.40. The number of benzene rings is 1. The Bertz CT molecular complexity index is 572. The highest BCUT2D eigenvalue weighted by Crippen LogP contribution is 2.26. The van der Waals surface area contributed by atoms with Gasteiger partial charge >= 0.3 is 0 Å². The highest BCUT2D eigenvalue weighted by molar-refractivity contribution is 9.10. The zero-order valence-corrected chi connectivity index (χ0v) is 10.8. The summed E-state index contributed by atoms with van der Waals surface area (Å²) in [6.45, 7) is 0. The third-order valence-electron chi connectivity index (χ3n) is 2.13. The van der Waals surface area contributed by atoms with Crippen LogP contribution in [0.3, 0.4) is 0 Å². The second kappa shape index (κ2) is 4.81. The van der Waals surface area contributed by atoms with Crippen LogP contribution >= 0.6 is 27.5 Å². The standard InChI is InChI=1S/C11H6BrClN2O2/c12-8-3-1-7(2-4-8)10-5-9(15(16)17)6-11(13)14-10/h1-6H. The third-order valence-corrected chi connectivity index (χ3v) is 2.85. The molecule has 4 nitrogen and oxygen atoms in total. The van der Waals surface area contributed by atoms with E-state index >= 15 is 0 Å². The molecule has 2 aromatic rings. The SMILES string of the molecule is O=[N+]([O-])c1cc(Cl)nc(-c2ccc(Br)cc2)c1. The normalized spacial score (nSPS) is 10.2. The number of aromatic nitrogens is 1. The van der Waals surface area contributed by atoms with Gasteiger partial charge in [-0.15, -0.1) is 0 Å². The average molecular weight is 314 g/mol. The van der Waals surface area contributed by atoms with Gasteiger partial charge in [0.1, 0.15) is 5.15 Å². The first kappa shape index (κ1) is 12.0. The molecule has 2 rings (SSSR count). The fourth-order valence-electron chi connectivity index (χ4n) is 1.36. The molecule has 0 fully saturated rings. The van der Waals surface area contributed by atoms with E-state index in [9.17, 15) is 10.1 Å². The van der Waals surface area contributed by atoms with E-state index in [1.165, 1.54) is 12.1 Å². The number of nitro groups is 1. The quantitative estimate of drug-likeness (QED) is 0.477. The van der Waals surface area contributed by atoms with Crippen LogP contribution in [0.2, 0.25) is 5.15 Å². The minimum atomic E-state index is -0.490. The molecule has 0 aliphatic rings. The van der Waals surface area contributed by atoms with Gasteiger partial charge in [-0.25, -0.2) is 4.98 Å². The first-order chi connectivity index (χ1) is 8.06. The maximum Gasteiger partial charge on any atom is 0.274 e. The lowest BCUT2D eigenvalue weighted by Gasteiger charge is -2.02. The number of pyridine rings is 1. The van der Waals surface area contributed by atoms with E-state index < -0.39 is 4.92 Å². The fraction of sp³-hybridized carbons (Fsp3) is 0. The lowest BCUT2D eigenvalue weighted by molar-refractivity contribution is -0.384. The Labute approximate surface area is 111 Å². The van der Waals surface area contributed by atoms with E-state index in [0.29, 0.717) is 5.69 Å². The Balaban J connectivity index is 2.51. The molecule has 0 N–H and O–H groups in total. The lowest BCUT2D eigenvalue weighted by Crippen LogP contribution is -1.91. The largest absolute Gasteiger partial charge is 0.274 e. The van der Waals surface area contributed by atoms with Crippen LogP contribution < -0.4 is 0 Å². The molecule has 0 saturated carbocycles. The summed E-state index contributed by atoms with van der Waals surface area (Å²) in [4.78, 5) is 14.3. The highest BCUT2D eigenvalue weighted by Gasteiger charge is 2.11. The van der Waals surface area contributed by atoms with Crippen molar-refractivity contribution in [1.29, 1.82) is 0 Å². The van der Waals surface area contributed by atoms with Crippen molar-refractivity contribution in [2.75, 3.05) is 0 Å². The Morgan fingerprint density at radius 3 is 2.47 bits per heavy atom. The van der Waals surface area contributed by atoms with Crippen LogP contribution in [0.5, 0.6) is 0 Å². The Morgan fingerprint density at radius 2 is 1.88 bits per heavy atom. The maximum atomic E-state index is 10.7. The minimum absolute atomic E-state index is 0.0667. The van der Waals surface area contributed by atoms with Gasteiger partial charge < -0.3 is 0 Å². The number of nitrogens with zero attached hydrogens (tertiary/aromatic N) is 2. The first-order valence-corrected chi connectivity index (χ1v) is 5.81. The zero-order valence-electron chi connectivity index (χ0n) is 8.43. The molecule has 0 aliphatic carbocycles. The minimum Gasteiger partial charge on any atom is -0.258 e. The second-order valence-corrected chi connectivity index (χ2v) is 4.60. The molecule has 1 aromatic heterocycles. The molecule has 0 aliphatic heterocycles. The number of halogens is 2. The summed E-state index contributed by atoms with van der Waals surface area (Å²) in [7, 11) is 0.